The van der Waals surface area contributed by atoms with Crippen molar-refractivity contribution in [3.05, 3.63) is 24.3 Å². The van der Waals surface area contributed by atoms with Gasteiger partial charge in [-0.25, -0.2) is 8.42 Å². The zero-order valence-corrected chi connectivity index (χ0v) is 15.4. The van der Waals surface area contributed by atoms with Crippen LogP contribution in [-0.4, -0.2) is 62.3 Å². The van der Waals surface area contributed by atoms with Crippen LogP contribution < -0.4 is 4.90 Å². The van der Waals surface area contributed by atoms with Crippen LogP contribution in [0.3, 0.4) is 0 Å². The van der Waals surface area contributed by atoms with Crippen LogP contribution in [-0.2, 0) is 14.8 Å². The maximum Gasteiger partial charge on any atom is 0.245 e. The van der Waals surface area contributed by atoms with Gasteiger partial charge in [0.25, 0.3) is 0 Å². The van der Waals surface area contributed by atoms with Gasteiger partial charge in [0.05, 0.1) is 5.69 Å². The number of piperidine rings is 1. The number of hydrogen-bond donors (Lipinski definition) is 0. The monoisotopic (exact) mass is 363 g/mol. The summed E-state index contributed by atoms with van der Waals surface area (Å²) in [6, 6.07) is 6.93. The Morgan fingerprint density at radius 1 is 1.08 bits per heavy atom. The lowest BCUT2D eigenvalue weighted by molar-refractivity contribution is -0.133. The molecule has 6 nitrogen and oxygen atoms in total. The average molecular weight is 363 g/mol. The predicted octanol–water partition coefficient (Wildman–Crippen LogP) is 1.67. The highest BCUT2D eigenvalue weighted by Gasteiger charge is 2.45. The van der Waals surface area contributed by atoms with E-state index in [4.69, 9.17) is 0 Å². The van der Waals surface area contributed by atoms with Crippen molar-refractivity contribution in [3.63, 3.8) is 0 Å². The number of likely N-dealkylation sites (tertiary alicyclic amines) is 1. The number of amides is 1. The number of hydrogen-bond acceptors (Lipinski definition) is 4. The molecule has 0 spiro atoms. The van der Waals surface area contributed by atoms with Crippen LogP contribution in [0.1, 0.15) is 32.1 Å². The third kappa shape index (κ3) is 2.73. The SMILES string of the molecule is CN1C[C@H]2CC[C@H](C(=O)N3CCCCC3)N2c2ccccc2S1(=O)=O. The number of para-hydroxylation sites is 1. The lowest BCUT2D eigenvalue weighted by Gasteiger charge is -2.35. The molecule has 1 amide bonds. The fourth-order valence-corrected chi connectivity index (χ4v) is 5.84. The molecule has 2 atom stereocenters. The van der Waals surface area contributed by atoms with Crippen LogP contribution in [0.15, 0.2) is 29.2 Å². The third-order valence-corrected chi connectivity index (χ3v) is 7.63. The van der Waals surface area contributed by atoms with Crippen LogP contribution in [0.2, 0.25) is 0 Å². The first kappa shape index (κ1) is 16.8. The van der Waals surface area contributed by atoms with E-state index in [1.807, 2.05) is 17.0 Å². The van der Waals surface area contributed by atoms with E-state index in [1.165, 1.54) is 10.7 Å². The minimum atomic E-state index is -3.51. The molecular weight excluding hydrogens is 338 g/mol. The highest BCUT2D eigenvalue weighted by atomic mass is 32.2. The van der Waals surface area contributed by atoms with Gasteiger partial charge in [-0.15, -0.1) is 0 Å². The molecule has 136 valence electrons. The van der Waals surface area contributed by atoms with E-state index in [0.717, 1.165) is 38.8 Å². The molecule has 2 fully saturated rings. The molecule has 3 aliphatic heterocycles. The topological polar surface area (TPSA) is 60.9 Å². The number of benzene rings is 1. The summed E-state index contributed by atoms with van der Waals surface area (Å²) in [5.41, 5.74) is 0.685. The van der Waals surface area contributed by atoms with Gasteiger partial charge < -0.3 is 9.80 Å². The summed E-state index contributed by atoms with van der Waals surface area (Å²) in [7, 11) is -1.87. The van der Waals surface area contributed by atoms with E-state index in [0.29, 0.717) is 17.1 Å². The van der Waals surface area contributed by atoms with Crippen molar-refractivity contribution in [1.29, 1.82) is 0 Å². The standard InChI is InChI=1S/C18H25N3O3S/c1-19-13-14-9-10-16(18(22)20-11-5-2-6-12-20)21(14)15-7-3-4-8-17(15)25(19,23)24/h3-4,7-8,14,16H,2,5-6,9-13H2,1H3/t14-,16-/m1/s1. The highest BCUT2D eigenvalue weighted by molar-refractivity contribution is 7.89. The molecule has 0 saturated carbocycles. The van der Waals surface area contributed by atoms with Crippen molar-refractivity contribution >= 4 is 21.6 Å². The molecule has 3 heterocycles. The van der Waals surface area contributed by atoms with Crippen LogP contribution in [0.5, 0.6) is 0 Å². The summed E-state index contributed by atoms with van der Waals surface area (Å²) in [4.78, 5) is 17.5. The maximum atomic E-state index is 13.1. The first-order chi connectivity index (χ1) is 12.0. The normalized spacial score (nSPS) is 29.0. The third-order valence-electron chi connectivity index (χ3n) is 5.75. The molecule has 0 N–H and O–H groups in total. The van der Waals surface area contributed by atoms with Gasteiger partial charge in [0, 0.05) is 32.7 Å². The Balaban J connectivity index is 1.74. The molecule has 0 aliphatic carbocycles. The molecule has 4 rings (SSSR count). The molecule has 25 heavy (non-hydrogen) atoms. The largest absolute Gasteiger partial charge is 0.354 e. The Kier molecular flexibility index (Phi) is 4.24. The summed E-state index contributed by atoms with van der Waals surface area (Å²) < 4.78 is 27.1. The number of likely N-dealkylation sites (N-methyl/N-ethyl adjacent to an activating group) is 1. The lowest BCUT2D eigenvalue weighted by atomic mass is 10.1. The van der Waals surface area contributed by atoms with Gasteiger partial charge in [-0.05, 0) is 44.2 Å². The Labute approximate surface area is 149 Å². The number of carbonyl (C=O) groups is 1. The van der Waals surface area contributed by atoms with Gasteiger partial charge in [-0.2, -0.15) is 4.31 Å². The number of carbonyl (C=O) groups excluding carboxylic acids is 1. The van der Waals surface area contributed by atoms with Crippen LogP contribution >= 0.6 is 0 Å². The number of anilines is 1. The molecule has 0 unspecified atom stereocenters. The van der Waals surface area contributed by atoms with E-state index in [2.05, 4.69) is 4.90 Å². The second-order valence-corrected chi connectivity index (χ2v) is 9.31. The maximum absolute atomic E-state index is 13.1. The van der Waals surface area contributed by atoms with Gasteiger partial charge in [0.2, 0.25) is 15.9 Å². The van der Waals surface area contributed by atoms with Gasteiger partial charge >= 0.3 is 0 Å². The first-order valence-corrected chi connectivity index (χ1v) is 10.6. The quantitative estimate of drug-likeness (QED) is 0.762. The average Bonchev–Trinajstić information content (AvgIpc) is 3.01. The van der Waals surface area contributed by atoms with Crippen LogP contribution in [0.4, 0.5) is 5.69 Å². The zero-order chi connectivity index (χ0) is 17.6. The van der Waals surface area contributed by atoms with Crippen molar-refractivity contribution in [3.8, 4) is 0 Å². The minimum Gasteiger partial charge on any atom is -0.354 e. The van der Waals surface area contributed by atoms with Crippen molar-refractivity contribution in [2.45, 2.75) is 49.1 Å². The van der Waals surface area contributed by atoms with Gasteiger partial charge in [-0.1, -0.05) is 12.1 Å². The molecule has 0 radical (unpaired) electrons. The van der Waals surface area contributed by atoms with Crippen molar-refractivity contribution in [2.75, 3.05) is 31.6 Å². The summed E-state index contributed by atoms with van der Waals surface area (Å²) in [6.45, 7) is 2.09. The van der Waals surface area contributed by atoms with Crippen LogP contribution in [0, 0.1) is 0 Å². The fourth-order valence-electron chi connectivity index (χ4n) is 4.45. The summed E-state index contributed by atoms with van der Waals surface area (Å²) in [5, 5.41) is 0. The molecule has 0 bridgehead atoms. The van der Waals surface area contributed by atoms with E-state index in [-0.39, 0.29) is 18.0 Å². The predicted molar refractivity (Wildman–Crippen MR) is 96.0 cm³/mol. The lowest BCUT2D eigenvalue weighted by Crippen LogP contribution is -2.50. The van der Waals surface area contributed by atoms with E-state index in [1.54, 1.807) is 19.2 Å². The molecule has 1 aromatic rings. The van der Waals surface area contributed by atoms with E-state index >= 15 is 0 Å². The number of fused-ring (bicyclic) bond motifs is 3. The zero-order valence-electron chi connectivity index (χ0n) is 14.6. The van der Waals surface area contributed by atoms with E-state index < -0.39 is 10.0 Å². The Hall–Kier alpha value is -1.60. The second kappa shape index (κ2) is 6.29. The molecular formula is C18H25N3O3S. The van der Waals surface area contributed by atoms with Crippen LogP contribution in [0.25, 0.3) is 0 Å². The Morgan fingerprint density at radius 2 is 1.80 bits per heavy atom. The Bertz CT molecular complexity index is 774. The van der Waals surface area contributed by atoms with E-state index in [9.17, 15) is 13.2 Å². The Morgan fingerprint density at radius 3 is 2.56 bits per heavy atom. The smallest absolute Gasteiger partial charge is 0.245 e. The second-order valence-electron chi connectivity index (χ2n) is 7.29. The summed E-state index contributed by atoms with van der Waals surface area (Å²) in [5.74, 6) is 0.166. The summed E-state index contributed by atoms with van der Waals surface area (Å²) >= 11 is 0. The summed E-state index contributed by atoms with van der Waals surface area (Å²) in [6.07, 6.45) is 4.96. The van der Waals surface area contributed by atoms with Gasteiger partial charge in [0.1, 0.15) is 10.9 Å². The molecule has 3 aliphatic rings. The molecule has 0 aromatic heterocycles. The number of nitrogens with zero attached hydrogens (tertiary/aromatic N) is 3. The van der Waals surface area contributed by atoms with Crippen molar-refractivity contribution in [1.82, 2.24) is 9.21 Å². The molecule has 1 aromatic carbocycles. The van der Waals surface area contributed by atoms with Crippen molar-refractivity contribution in [2.24, 2.45) is 0 Å². The fraction of sp³-hybridized carbons (Fsp3) is 0.611. The number of rotatable bonds is 1. The minimum absolute atomic E-state index is 0.0576. The first-order valence-electron chi connectivity index (χ1n) is 9.12. The molecule has 2 saturated heterocycles. The highest BCUT2D eigenvalue weighted by Crippen LogP contribution is 2.39. The van der Waals surface area contributed by atoms with Gasteiger partial charge in [0.15, 0.2) is 0 Å². The van der Waals surface area contributed by atoms with Gasteiger partial charge in [-0.3, -0.25) is 4.79 Å². The van der Waals surface area contributed by atoms with Crippen molar-refractivity contribution < 1.29 is 13.2 Å². The number of sulfonamides is 1. The molecule has 7 heteroatoms.